The molecule has 0 spiro atoms. The third-order valence-electron chi connectivity index (χ3n) is 2.56. The molecular formula is C12H18N2O. The standard InChI is InChI=1S/C12H18N2O/c1-3-14(4-2)11(12(13)15)10-8-6-5-7-9-10/h5-9,11H,3-4H2,1-2H3,(H2,13,15). The summed E-state index contributed by atoms with van der Waals surface area (Å²) in [4.78, 5) is 13.5. The van der Waals surface area contributed by atoms with Crippen molar-refractivity contribution in [1.29, 1.82) is 0 Å². The number of benzene rings is 1. The number of hydrogen-bond acceptors (Lipinski definition) is 2. The molecule has 1 unspecified atom stereocenters. The molecule has 0 aromatic heterocycles. The molecule has 0 aliphatic rings. The molecule has 1 aromatic rings. The number of nitrogens with zero attached hydrogens (tertiary/aromatic N) is 1. The topological polar surface area (TPSA) is 46.3 Å². The highest BCUT2D eigenvalue weighted by Crippen LogP contribution is 2.19. The number of hydrogen-bond donors (Lipinski definition) is 1. The molecule has 1 rings (SSSR count). The Kier molecular flexibility index (Phi) is 4.31. The van der Waals surface area contributed by atoms with Crippen molar-refractivity contribution < 1.29 is 4.79 Å². The molecule has 15 heavy (non-hydrogen) atoms. The van der Waals surface area contributed by atoms with Crippen molar-refractivity contribution in [1.82, 2.24) is 4.90 Å². The predicted molar refractivity (Wildman–Crippen MR) is 61.3 cm³/mol. The Morgan fingerprint density at radius 1 is 1.27 bits per heavy atom. The van der Waals surface area contributed by atoms with Gasteiger partial charge in [0, 0.05) is 0 Å². The molecule has 0 aliphatic heterocycles. The lowest BCUT2D eigenvalue weighted by Crippen LogP contribution is -2.37. The monoisotopic (exact) mass is 206 g/mol. The van der Waals surface area contributed by atoms with E-state index in [0.29, 0.717) is 0 Å². The average Bonchev–Trinajstić information content (AvgIpc) is 2.26. The Hall–Kier alpha value is -1.35. The van der Waals surface area contributed by atoms with E-state index in [2.05, 4.69) is 4.90 Å². The second-order valence-corrected chi connectivity index (χ2v) is 3.44. The molecule has 0 heterocycles. The molecule has 82 valence electrons. The highest BCUT2D eigenvalue weighted by atomic mass is 16.1. The summed E-state index contributed by atoms with van der Waals surface area (Å²) >= 11 is 0. The molecular weight excluding hydrogens is 188 g/mol. The highest BCUT2D eigenvalue weighted by Gasteiger charge is 2.22. The molecule has 2 N–H and O–H groups in total. The molecule has 0 fully saturated rings. The van der Waals surface area contributed by atoms with Crippen molar-refractivity contribution in [2.75, 3.05) is 13.1 Å². The Bertz CT molecular complexity index is 307. The van der Waals surface area contributed by atoms with Gasteiger partial charge in [-0.2, -0.15) is 0 Å². The van der Waals surface area contributed by atoms with E-state index in [1.165, 1.54) is 0 Å². The largest absolute Gasteiger partial charge is 0.368 e. The van der Waals surface area contributed by atoms with Gasteiger partial charge in [0.25, 0.3) is 0 Å². The lowest BCUT2D eigenvalue weighted by atomic mass is 10.0. The minimum atomic E-state index is -0.304. The van der Waals surface area contributed by atoms with Crippen LogP contribution in [0.5, 0.6) is 0 Å². The summed E-state index contributed by atoms with van der Waals surface area (Å²) in [7, 11) is 0. The minimum Gasteiger partial charge on any atom is -0.368 e. The Morgan fingerprint density at radius 2 is 1.80 bits per heavy atom. The van der Waals surface area contributed by atoms with Crippen LogP contribution in [0.25, 0.3) is 0 Å². The lowest BCUT2D eigenvalue weighted by molar-refractivity contribution is -0.123. The zero-order chi connectivity index (χ0) is 11.3. The number of nitrogens with two attached hydrogens (primary N) is 1. The van der Waals surface area contributed by atoms with Gasteiger partial charge in [-0.25, -0.2) is 0 Å². The number of carbonyl (C=O) groups excluding carboxylic acids is 1. The van der Waals surface area contributed by atoms with Crippen LogP contribution in [-0.4, -0.2) is 23.9 Å². The SMILES string of the molecule is CCN(CC)C(C(N)=O)c1ccccc1. The fourth-order valence-electron chi connectivity index (χ4n) is 1.78. The van der Waals surface area contributed by atoms with Gasteiger partial charge in [0.15, 0.2) is 0 Å². The van der Waals surface area contributed by atoms with Gasteiger partial charge in [-0.1, -0.05) is 44.2 Å². The number of primary amides is 1. The fourth-order valence-corrected chi connectivity index (χ4v) is 1.78. The second-order valence-electron chi connectivity index (χ2n) is 3.44. The molecule has 3 heteroatoms. The summed E-state index contributed by atoms with van der Waals surface area (Å²) in [5.74, 6) is -0.287. The van der Waals surface area contributed by atoms with Crippen molar-refractivity contribution in [3.8, 4) is 0 Å². The normalized spacial score (nSPS) is 12.7. The number of carbonyl (C=O) groups is 1. The van der Waals surface area contributed by atoms with Crippen LogP contribution in [0.1, 0.15) is 25.5 Å². The molecule has 0 radical (unpaired) electrons. The van der Waals surface area contributed by atoms with E-state index in [1.54, 1.807) is 0 Å². The lowest BCUT2D eigenvalue weighted by Gasteiger charge is -2.27. The molecule has 3 nitrogen and oxygen atoms in total. The van der Waals surface area contributed by atoms with Gasteiger partial charge in [-0.15, -0.1) is 0 Å². The van der Waals surface area contributed by atoms with Crippen molar-refractivity contribution in [2.45, 2.75) is 19.9 Å². The quantitative estimate of drug-likeness (QED) is 0.794. The minimum absolute atomic E-state index is 0.287. The van der Waals surface area contributed by atoms with E-state index < -0.39 is 0 Å². The first-order valence-corrected chi connectivity index (χ1v) is 5.29. The van der Waals surface area contributed by atoms with Crippen LogP contribution in [0.15, 0.2) is 30.3 Å². The molecule has 1 amide bonds. The molecule has 1 atom stereocenters. The van der Waals surface area contributed by atoms with Gasteiger partial charge in [0.05, 0.1) is 0 Å². The van der Waals surface area contributed by atoms with Crippen LogP contribution < -0.4 is 5.73 Å². The summed E-state index contributed by atoms with van der Waals surface area (Å²) in [6, 6.07) is 9.36. The summed E-state index contributed by atoms with van der Waals surface area (Å²) in [5, 5.41) is 0. The molecule has 0 saturated heterocycles. The van der Waals surface area contributed by atoms with Gasteiger partial charge < -0.3 is 5.73 Å². The zero-order valence-corrected chi connectivity index (χ0v) is 9.31. The van der Waals surface area contributed by atoms with Gasteiger partial charge in [-0.3, -0.25) is 9.69 Å². The van der Waals surface area contributed by atoms with Gasteiger partial charge in [0.2, 0.25) is 5.91 Å². The Balaban J connectivity index is 2.97. The maximum atomic E-state index is 11.4. The number of likely N-dealkylation sites (N-methyl/N-ethyl adjacent to an activating group) is 1. The highest BCUT2D eigenvalue weighted by molar-refractivity contribution is 5.81. The summed E-state index contributed by atoms with van der Waals surface area (Å²) in [5.41, 5.74) is 6.41. The Morgan fingerprint density at radius 3 is 2.20 bits per heavy atom. The third kappa shape index (κ3) is 2.80. The zero-order valence-electron chi connectivity index (χ0n) is 9.31. The van der Waals surface area contributed by atoms with Crippen molar-refractivity contribution in [3.05, 3.63) is 35.9 Å². The van der Waals surface area contributed by atoms with Crippen LogP contribution in [0.2, 0.25) is 0 Å². The summed E-state index contributed by atoms with van der Waals surface area (Å²) in [6.07, 6.45) is 0. The first-order chi connectivity index (χ1) is 7.20. The fraction of sp³-hybridized carbons (Fsp3) is 0.417. The van der Waals surface area contributed by atoms with Crippen LogP contribution >= 0.6 is 0 Å². The number of amides is 1. The summed E-state index contributed by atoms with van der Waals surface area (Å²) < 4.78 is 0. The average molecular weight is 206 g/mol. The van der Waals surface area contributed by atoms with E-state index in [-0.39, 0.29) is 11.9 Å². The molecule has 0 aliphatic carbocycles. The second kappa shape index (κ2) is 5.51. The van der Waals surface area contributed by atoms with Crippen LogP contribution in [-0.2, 0) is 4.79 Å². The summed E-state index contributed by atoms with van der Waals surface area (Å²) in [6.45, 7) is 5.70. The van der Waals surface area contributed by atoms with E-state index >= 15 is 0 Å². The van der Waals surface area contributed by atoms with Gasteiger partial charge in [-0.05, 0) is 18.7 Å². The van der Waals surface area contributed by atoms with Crippen LogP contribution in [0.4, 0.5) is 0 Å². The predicted octanol–water partition coefficient (Wildman–Crippen LogP) is 1.55. The van der Waals surface area contributed by atoms with E-state index in [4.69, 9.17) is 5.73 Å². The number of rotatable bonds is 5. The van der Waals surface area contributed by atoms with Crippen LogP contribution in [0.3, 0.4) is 0 Å². The maximum absolute atomic E-state index is 11.4. The molecule has 0 saturated carbocycles. The van der Waals surface area contributed by atoms with Gasteiger partial charge in [0.1, 0.15) is 6.04 Å². The Labute approximate surface area is 90.9 Å². The molecule has 0 bridgehead atoms. The maximum Gasteiger partial charge on any atom is 0.239 e. The first-order valence-electron chi connectivity index (χ1n) is 5.29. The van der Waals surface area contributed by atoms with E-state index in [0.717, 1.165) is 18.7 Å². The smallest absolute Gasteiger partial charge is 0.239 e. The van der Waals surface area contributed by atoms with E-state index in [9.17, 15) is 4.79 Å². The van der Waals surface area contributed by atoms with Gasteiger partial charge >= 0.3 is 0 Å². The van der Waals surface area contributed by atoms with Crippen molar-refractivity contribution in [3.63, 3.8) is 0 Å². The first kappa shape index (κ1) is 11.7. The van der Waals surface area contributed by atoms with Crippen molar-refractivity contribution in [2.24, 2.45) is 5.73 Å². The third-order valence-corrected chi connectivity index (χ3v) is 2.56. The van der Waals surface area contributed by atoms with Crippen LogP contribution in [0, 0.1) is 0 Å². The van der Waals surface area contributed by atoms with Crippen molar-refractivity contribution >= 4 is 5.91 Å². The molecule has 1 aromatic carbocycles. The van der Waals surface area contributed by atoms with E-state index in [1.807, 2.05) is 44.2 Å².